The van der Waals surface area contributed by atoms with Crippen molar-refractivity contribution < 1.29 is 19.0 Å². The third-order valence-electron chi connectivity index (χ3n) is 4.55. The van der Waals surface area contributed by atoms with Gasteiger partial charge in [0.2, 0.25) is 0 Å². The molecule has 0 aliphatic rings. The molecule has 0 aliphatic heterocycles. The second kappa shape index (κ2) is 8.08. The molecule has 2 N–H and O–H groups in total. The van der Waals surface area contributed by atoms with Crippen molar-refractivity contribution >= 4 is 11.6 Å². The highest BCUT2D eigenvalue weighted by Gasteiger charge is 2.20. The Morgan fingerprint density at radius 2 is 1.83 bits per heavy atom. The van der Waals surface area contributed by atoms with E-state index in [-0.39, 0.29) is 22.8 Å². The highest BCUT2D eigenvalue weighted by Crippen LogP contribution is 2.29. The number of phenols is 1. The summed E-state index contributed by atoms with van der Waals surface area (Å²) < 4.78 is 20.1. The van der Waals surface area contributed by atoms with Crippen LogP contribution in [-0.4, -0.2) is 27.9 Å². The number of hydrogen-bond acceptors (Lipinski definition) is 4. The summed E-state index contributed by atoms with van der Waals surface area (Å²) >= 11 is 0. The van der Waals surface area contributed by atoms with Crippen LogP contribution in [0.5, 0.6) is 11.5 Å². The van der Waals surface area contributed by atoms with Crippen molar-refractivity contribution in [1.29, 1.82) is 0 Å². The molecule has 0 spiro atoms. The van der Waals surface area contributed by atoms with E-state index in [1.54, 1.807) is 61.8 Å². The lowest BCUT2D eigenvalue weighted by molar-refractivity contribution is 0.102. The molecule has 150 valence electrons. The normalized spacial score (nSPS) is 10.6. The Morgan fingerprint density at radius 1 is 1.07 bits per heavy atom. The van der Waals surface area contributed by atoms with E-state index in [9.17, 15) is 14.3 Å². The molecule has 4 rings (SSSR count). The summed E-state index contributed by atoms with van der Waals surface area (Å²) in [4.78, 5) is 13.0. The van der Waals surface area contributed by atoms with Gasteiger partial charge in [-0.2, -0.15) is 5.10 Å². The molecule has 1 aromatic heterocycles. The van der Waals surface area contributed by atoms with Gasteiger partial charge in [0.15, 0.2) is 0 Å². The van der Waals surface area contributed by atoms with Gasteiger partial charge < -0.3 is 15.2 Å². The fourth-order valence-corrected chi connectivity index (χ4v) is 3.02. The van der Waals surface area contributed by atoms with Gasteiger partial charge in [-0.3, -0.25) is 4.79 Å². The molecule has 30 heavy (non-hydrogen) atoms. The second-order valence-corrected chi connectivity index (χ2v) is 6.52. The summed E-state index contributed by atoms with van der Waals surface area (Å²) in [6.07, 6.45) is 1.57. The fourth-order valence-electron chi connectivity index (χ4n) is 3.02. The predicted molar refractivity (Wildman–Crippen MR) is 112 cm³/mol. The van der Waals surface area contributed by atoms with E-state index in [4.69, 9.17) is 4.74 Å². The van der Waals surface area contributed by atoms with Crippen molar-refractivity contribution in [3.63, 3.8) is 0 Å². The molecular weight excluding hydrogens is 385 g/mol. The quantitative estimate of drug-likeness (QED) is 0.476. The SMILES string of the molecule is COc1cccc(-c2nn(-c3ccc(F)cc3)cc2C(=O)Nc2ccccc2O)c1. The topological polar surface area (TPSA) is 76.4 Å². The Labute approximate surface area is 172 Å². The number of carbonyl (C=O) groups is 1. The minimum absolute atomic E-state index is 0.0419. The van der Waals surface area contributed by atoms with Crippen molar-refractivity contribution in [2.45, 2.75) is 0 Å². The Balaban J connectivity index is 1.79. The van der Waals surface area contributed by atoms with Crippen LogP contribution in [0.1, 0.15) is 10.4 Å². The lowest BCUT2D eigenvalue weighted by atomic mass is 10.1. The lowest BCUT2D eigenvalue weighted by Crippen LogP contribution is -2.12. The average Bonchev–Trinajstić information content (AvgIpc) is 3.21. The van der Waals surface area contributed by atoms with Gasteiger partial charge in [-0.05, 0) is 48.5 Å². The van der Waals surface area contributed by atoms with Crippen LogP contribution in [-0.2, 0) is 0 Å². The average molecular weight is 403 g/mol. The number of anilines is 1. The van der Waals surface area contributed by atoms with Crippen LogP contribution in [0.2, 0.25) is 0 Å². The van der Waals surface area contributed by atoms with E-state index in [1.807, 2.05) is 6.07 Å². The molecule has 0 saturated carbocycles. The van der Waals surface area contributed by atoms with E-state index in [2.05, 4.69) is 10.4 Å². The number of phenolic OH excluding ortho intramolecular Hbond substituents is 1. The number of nitrogens with one attached hydrogen (secondary N) is 1. The van der Waals surface area contributed by atoms with Gasteiger partial charge in [0.05, 0.1) is 24.0 Å². The van der Waals surface area contributed by atoms with Gasteiger partial charge in [0, 0.05) is 11.8 Å². The van der Waals surface area contributed by atoms with Crippen molar-refractivity contribution in [3.8, 4) is 28.4 Å². The number of nitrogens with zero attached hydrogens (tertiary/aromatic N) is 2. The van der Waals surface area contributed by atoms with Crippen molar-refractivity contribution in [1.82, 2.24) is 9.78 Å². The van der Waals surface area contributed by atoms with Crippen LogP contribution in [0.3, 0.4) is 0 Å². The van der Waals surface area contributed by atoms with Crippen molar-refractivity contribution in [2.24, 2.45) is 0 Å². The predicted octanol–water partition coefficient (Wildman–Crippen LogP) is 4.64. The highest BCUT2D eigenvalue weighted by molar-refractivity contribution is 6.08. The number of ether oxygens (including phenoxy) is 1. The number of amides is 1. The van der Waals surface area contributed by atoms with Crippen LogP contribution < -0.4 is 10.1 Å². The molecule has 0 fully saturated rings. The number of carbonyl (C=O) groups excluding carboxylic acids is 1. The van der Waals surface area contributed by atoms with Crippen LogP contribution in [0.4, 0.5) is 10.1 Å². The fraction of sp³-hybridized carbons (Fsp3) is 0.0435. The minimum atomic E-state index is -0.442. The molecule has 0 atom stereocenters. The highest BCUT2D eigenvalue weighted by atomic mass is 19.1. The molecule has 0 saturated heterocycles. The van der Waals surface area contributed by atoms with E-state index < -0.39 is 5.91 Å². The molecule has 3 aromatic carbocycles. The number of aromatic nitrogens is 2. The van der Waals surface area contributed by atoms with Gasteiger partial charge in [-0.1, -0.05) is 24.3 Å². The maximum Gasteiger partial charge on any atom is 0.259 e. The van der Waals surface area contributed by atoms with Gasteiger partial charge in [-0.25, -0.2) is 9.07 Å². The number of para-hydroxylation sites is 2. The number of methoxy groups -OCH3 is 1. The lowest BCUT2D eigenvalue weighted by Gasteiger charge is -2.07. The molecule has 0 bridgehead atoms. The van der Waals surface area contributed by atoms with Crippen LogP contribution in [0, 0.1) is 5.82 Å². The monoisotopic (exact) mass is 403 g/mol. The first-order valence-electron chi connectivity index (χ1n) is 9.14. The summed E-state index contributed by atoms with van der Waals surface area (Å²) in [5, 5.41) is 17.2. The zero-order chi connectivity index (χ0) is 21.1. The molecule has 4 aromatic rings. The molecule has 1 heterocycles. The molecule has 0 unspecified atom stereocenters. The van der Waals surface area contributed by atoms with E-state index in [1.165, 1.54) is 22.9 Å². The second-order valence-electron chi connectivity index (χ2n) is 6.52. The molecule has 0 aliphatic carbocycles. The zero-order valence-electron chi connectivity index (χ0n) is 16.0. The largest absolute Gasteiger partial charge is 0.506 e. The molecule has 0 radical (unpaired) electrons. The summed E-state index contributed by atoms with van der Waals surface area (Å²) in [6.45, 7) is 0. The Kier molecular flexibility index (Phi) is 5.17. The third kappa shape index (κ3) is 3.86. The smallest absolute Gasteiger partial charge is 0.259 e. The van der Waals surface area contributed by atoms with Crippen molar-refractivity contribution in [2.75, 3.05) is 12.4 Å². The Morgan fingerprint density at radius 3 is 2.57 bits per heavy atom. The number of benzene rings is 3. The summed E-state index contributed by atoms with van der Waals surface area (Å²) in [7, 11) is 1.56. The number of hydrogen-bond donors (Lipinski definition) is 2. The van der Waals surface area contributed by atoms with E-state index in [0.29, 0.717) is 22.7 Å². The number of aromatic hydroxyl groups is 1. The molecule has 1 amide bonds. The van der Waals surface area contributed by atoms with Gasteiger partial charge in [0.1, 0.15) is 23.0 Å². The molecular formula is C23H18FN3O3. The first-order valence-corrected chi connectivity index (χ1v) is 9.14. The van der Waals surface area contributed by atoms with Gasteiger partial charge in [-0.15, -0.1) is 0 Å². The van der Waals surface area contributed by atoms with Crippen LogP contribution in [0.25, 0.3) is 16.9 Å². The third-order valence-corrected chi connectivity index (χ3v) is 4.55. The Hall–Kier alpha value is -4.13. The zero-order valence-corrected chi connectivity index (χ0v) is 16.0. The van der Waals surface area contributed by atoms with E-state index in [0.717, 1.165) is 0 Å². The molecule has 6 nitrogen and oxygen atoms in total. The molecule has 7 heteroatoms. The first kappa shape index (κ1) is 19.2. The minimum Gasteiger partial charge on any atom is -0.506 e. The number of rotatable bonds is 5. The summed E-state index contributed by atoms with van der Waals surface area (Å²) in [5.74, 6) is -0.227. The van der Waals surface area contributed by atoms with Gasteiger partial charge >= 0.3 is 0 Å². The van der Waals surface area contributed by atoms with Crippen LogP contribution >= 0.6 is 0 Å². The number of halogens is 1. The summed E-state index contributed by atoms with van der Waals surface area (Å²) in [5.41, 5.74) is 2.27. The summed E-state index contributed by atoms with van der Waals surface area (Å²) in [6, 6.07) is 19.4. The maximum atomic E-state index is 13.3. The maximum absolute atomic E-state index is 13.3. The van der Waals surface area contributed by atoms with E-state index >= 15 is 0 Å². The van der Waals surface area contributed by atoms with Crippen molar-refractivity contribution in [3.05, 3.63) is 90.4 Å². The van der Waals surface area contributed by atoms with Gasteiger partial charge in [0.25, 0.3) is 5.91 Å². The van der Waals surface area contributed by atoms with Crippen LogP contribution in [0.15, 0.2) is 79.0 Å². The standard InChI is InChI=1S/C23H18FN3O3/c1-30-18-6-4-5-15(13-18)22-19(23(29)25-20-7-2-3-8-21(20)28)14-27(26-22)17-11-9-16(24)10-12-17/h2-14,28H,1H3,(H,25,29). The first-order chi connectivity index (χ1) is 14.5. The Bertz CT molecular complexity index is 1200.